The van der Waals surface area contributed by atoms with Gasteiger partial charge in [0.1, 0.15) is 0 Å². The molecule has 1 aromatic rings. The molecule has 0 aromatic heterocycles. The van der Waals surface area contributed by atoms with Crippen LogP contribution in [0.4, 0.5) is 13.2 Å². The van der Waals surface area contributed by atoms with Crippen LogP contribution in [0, 0.1) is 0 Å². The first-order chi connectivity index (χ1) is 8.97. The maximum atomic E-state index is 12.6. The maximum absolute atomic E-state index is 12.6. The smallest absolute Gasteiger partial charge is 0.314 e. The Bertz CT molecular complexity index is 422. The van der Waals surface area contributed by atoms with E-state index in [9.17, 15) is 13.2 Å². The summed E-state index contributed by atoms with van der Waals surface area (Å²) in [6.45, 7) is 5.48. The van der Waals surface area contributed by atoms with E-state index in [0.29, 0.717) is 4.90 Å². The predicted octanol–water partition coefficient (Wildman–Crippen LogP) is 3.69. The normalized spacial score (nSPS) is 18.4. The number of nitrogens with one attached hydrogen (secondary N) is 1. The molecular formula is C13H18ClF3N2S. The molecule has 1 aliphatic heterocycles. The number of hydrogen-bond donors (Lipinski definition) is 1. The number of halogens is 4. The third kappa shape index (κ3) is 4.84. The molecule has 0 radical (unpaired) electrons. The molecule has 1 aromatic carbocycles. The molecule has 0 saturated carbocycles. The fourth-order valence-corrected chi connectivity index (χ4v) is 3.06. The molecule has 1 aliphatic rings. The minimum Gasteiger partial charge on any atom is -0.314 e. The maximum Gasteiger partial charge on any atom is 0.446 e. The molecule has 1 N–H and O–H groups in total. The second-order valence-corrected chi connectivity index (χ2v) is 5.65. The van der Waals surface area contributed by atoms with Crippen LogP contribution in [0.15, 0.2) is 29.2 Å². The average molecular weight is 327 g/mol. The number of benzene rings is 1. The van der Waals surface area contributed by atoms with E-state index in [4.69, 9.17) is 0 Å². The lowest BCUT2D eigenvalue weighted by Gasteiger charge is -2.33. The SMILES string of the molecule is C[C@@H](c1ccccc1SC(F)(F)F)N1CCNCC1.Cl. The number of thioether (sulfide) groups is 1. The lowest BCUT2D eigenvalue weighted by atomic mass is 10.1. The summed E-state index contributed by atoms with van der Waals surface area (Å²) < 4.78 is 37.7. The molecule has 1 atom stereocenters. The molecule has 114 valence electrons. The standard InChI is InChI=1S/C13H17F3N2S.ClH/c1-10(18-8-6-17-7-9-18)11-4-2-3-5-12(11)19-13(14,15)16;/h2-5,10,17H,6-9H2,1H3;1H/t10-;/m0./s1. The summed E-state index contributed by atoms with van der Waals surface area (Å²) in [5, 5.41) is 3.25. The Morgan fingerprint density at radius 3 is 2.40 bits per heavy atom. The molecule has 0 spiro atoms. The summed E-state index contributed by atoms with van der Waals surface area (Å²) in [7, 11) is 0. The summed E-state index contributed by atoms with van der Waals surface area (Å²) in [4.78, 5) is 2.52. The second-order valence-electron chi connectivity index (χ2n) is 4.55. The van der Waals surface area contributed by atoms with Gasteiger partial charge in [-0.05, 0) is 30.3 Å². The van der Waals surface area contributed by atoms with Crippen molar-refractivity contribution in [2.75, 3.05) is 26.2 Å². The first-order valence-electron chi connectivity index (χ1n) is 6.27. The predicted molar refractivity (Wildman–Crippen MR) is 78.5 cm³/mol. The summed E-state index contributed by atoms with van der Waals surface area (Å²) in [6, 6.07) is 6.80. The van der Waals surface area contributed by atoms with E-state index < -0.39 is 5.51 Å². The van der Waals surface area contributed by atoms with Gasteiger partial charge in [-0.2, -0.15) is 13.2 Å². The zero-order valence-corrected chi connectivity index (χ0v) is 12.7. The van der Waals surface area contributed by atoms with Crippen molar-refractivity contribution < 1.29 is 13.2 Å². The molecule has 0 amide bonds. The van der Waals surface area contributed by atoms with Crippen LogP contribution in [0.1, 0.15) is 18.5 Å². The monoisotopic (exact) mass is 326 g/mol. The van der Waals surface area contributed by atoms with Crippen molar-refractivity contribution in [1.82, 2.24) is 10.2 Å². The van der Waals surface area contributed by atoms with Crippen LogP contribution in [-0.4, -0.2) is 36.6 Å². The number of nitrogens with zero attached hydrogens (tertiary/aromatic N) is 1. The zero-order valence-electron chi connectivity index (χ0n) is 11.1. The number of alkyl halides is 3. The lowest BCUT2D eigenvalue weighted by molar-refractivity contribution is -0.0328. The van der Waals surface area contributed by atoms with Gasteiger partial charge in [0.05, 0.1) is 0 Å². The minimum absolute atomic E-state index is 0. The van der Waals surface area contributed by atoms with Crippen LogP contribution in [0.5, 0.6) is 0 Å². The van der Waals surface area contributed by atoms with Gasteiger partial charge in [-0.3, -0.25) is 4.90 Å². The molecule has 7 heteroatoms. The highest BCUT2D eigenvalue weighted by atomic mass is 35.5. The van der Waals surface area contributed by atoms with Crippen molar-refractivity contribution in [3.63, 3.8) is 0 Å². The Balaban J connectivity index is 0.00000200. The van der Waals surface area contributed by atoms with Crippen molar-refractivity contribution >= 4 is 24.2 Å². The molecule has 0 aliphatic carbocycles. The second kappa shape index (κ2) is 7.54. The molecule has 1 fully saturated rings. The van der Waals surface area contributed by atoms with Crippen molar-refractivity contribution in [2.45, 2.75) is 23.4 Å². The Morgan fingerprint density at radius 2 is 1.80 bits per heavy atom. The topological polar surface area (TPSA) is 15.3 Å². The zero-order chi connectivity index (χ0) is 13.9. The van der Waals surface area contributed by atoms with E-state index in [-0.39, 0.29) is 30.2 Å². The molecule has 0 bridgehead atoms. The van der Waals surface area contributed by atoms with Gasteiger partial charge in [-0.15, -0.1) is 12.4 Å². The highest BCUT2D eigenvalue weighted by Crippen LogP contribution is 2.40. The van der Waals surface area contributed by atoms with Crippen molar-refractivity contribution in [3.05, 3.63) is 29.8 Å². The highest BCUT2D eigenvalue weighted by molar-refractivity contribution is 8.00. The number of piperazine rings is 1. The van der Waals surface area contributed by atoms with E-state index in [1.54, 1.807) is 24.3 Å². The Hall–Kier alpha value is -0.430. The van der Waals surface area contributed by atoms with Gasteiger partial charge in [0, 0.05) is 37.1 Å². The van der Waals surface area contributed by atoms with Crippen LogP contribution in [0.25, 0.3) is 0 Å². The molecule has 1 saturated heterocycles. The van der Waals surface area contributed by atoms with Gasteiger partial charge in [0.15, 0.2) is 0 Å². The third-order valence-corrected chi connectivity index (χ3v) is 4.12. The van der Waals surface area contributed by atoms with Crippen LogP contribution < -0.4 is 5.32 Å². The van der Waals surface area contributed by atoms with Crippen LogP contribution >= 0.6 is 24.2 Å². The van der Waals surface area contributed by atoms with Gasteiger partial charge in [0.2, 0.25) is 0 Å². The lowest BCUT2D eigenvalue weighted by Crippen LogP contribution is -2.44. The molecule has 2 nitrogen and oxygen atoms in total. The van der Waals surface area contributed by atoms with Crippen LogP contribution in [-0.2, 0) is 0 Å². The molecular weight excluding hydrogens is 309 g/mol. The fourth-order valence-electron chi connectivity index (χ4n) is 2.31. The Labute approximate surface area is 127 Å². The Kier molecular flexibility index (Phi) is 6.64. The summed E-state index contributed by atoms with van der Waals surface area (Å²) in [5.41, 5.74) is -3.48. The van der Waals surface area contributed by atoms with Crippen LogP contribution in [0.3, 0.4) is 0 Å². The van der Waals surface area contributed by atoms with Crippen LogP contribution in [0.2, 0.25) is 0 Å². The average Bonchev–Trinajstić information content (AvgIpc) is 2.38. The highest BCUT2D eigenvalue weighted by Gasteiger charge is 2.31. The van der Waals surface area contributed by atoms with Gasteiger partial charge in [-0.25, -0.2) is 0 Å². The van der Waals surface area contributed by atoms with E-state index in [0.717, 1.165) is 31.7 Å². The first-order valence-corrected chi connectivity index (χ1v) is 7.08. The largest absolute Gasteiger partial charge is 0.446 e. The summed E-state index contributed by atoms with van der Waals surface area (Å²) in [6.07, 6.45) is 0. The van der Waals surface area contributed by atoms with E-state index >= 15 is 0 Å². The molecule has 0 unspecified atom stereocenters. The summed E-state index contributed by atoms with van der Waals surface area (Å²) >= 11 is -0.0226. The van der Waals surface area contributed by atoms with E-state index in [2.05, 4.69) is 10.2 Å². The van der Waals surface area contributed by atoms with Crippen molar-refractivity contribution in [1.29, 1.82) is 0 Å². The third-order valence-electron chi connectivity index (χ3n) is 3.29. The molecule has 2 rings (SSSR count). The van der Waals surface area contributed by atoms with Gasteiger partial charge < -0.3 is 5.32 Å². The van der Waals surface area contributed by atoms with Gasteiger partial charge >= 0.3 is 5.51 Å². The molecule has 20 heavy (non-hydrogen) atoms. The van der Waals surface area contributed by atoms with Gasteiger partial charge in [0.25, 0.3) is 0 Å². The Morgan fingerprint density at radius 1 is 1.20 bits per heavy atom. The molecule has 1 heterocycles. The van der Waals surface area contributed by atoms with Gasteiger partial charge in [-0.1, -0.05) is 18.2 Å². The van der Waals surface area contributed by atoms with Crippen molar-refractivity contribution in [2.24, 2.45) is 0 Å². The van der Waals surface area contributed by atoms with Crippen molar-refractivity contribution in [3.8, 4) is 0 Å². The van der Waals surface area contributed by atoms with E-state index in [1.807, 2.05) is 6.92 Å². The number of rotatable bonds is 3. The number of hydrogen-bond acceptors (Lipinski definition) is 3. The minimum atomic E-state index is -4.24. The fraction of sp³-hybridized carbons (Fsp3) is 0.538. The summed E-state index contributed by atoms with van der Waals surface area (Å²) in [5.74, 6) is 0. The van der Waals surface area contributed by atoms with E-state index in [1.165, 1.54) is 0 Å². The quantitative estimate of drug-likeness (QED) is 0.853. The first kappa shape index (κ1) is 17.6.